The van der Waals surface area contributed by atoms with Crippen molar-refractivity contribution in [1.82, 2.24) is 10.2 Å². The summed E-state index contributed by atoms with van der Waals surface area (Å²) in [7, 11) is 0. The summed E-state index contributed by atoms with van der Waals surface area (Å²) in [4.78, 5) is 24.9. The average molecular weight is 210 g/mol. The van der Waals surface area contributed by atoms with Crippen molar-refractivity contribution in [2.75, 3.05) is 13.1 Å². The van der Waals surface area contributed by atoms with Crippen molar-refractivity contribution in [2.45, 2.75) is 44.6 Å². The Morgan fingerprint density at radius 3 is 2.60 bits per heavy atom. The van der Waals surface area contributed by atoms with Gasteiger partial charge in [0, 0.05) is 19.0 Å². The molecule has 1 N–H and O–H groups in total. The number of carbonyl (C=O) groups excluding carboxylic acids is 2. The van der Waals surface area contributed by atoms with Gasteiger partial charge in [0.15, 0.2) is 0 Å². The Labute approximate surface area is 90.0 Å². The van der Waals surface area contributed by atoms with Crippen molar-refractivity contribution in [1.29, 1.82) is 0 Å². The fourth-order valence-corrected chi connectivity index (χ4v) is 2.49. The summed E-state index contributed by atoms with van der Waals surface area (Å²) in [5.74, 6) is 0.0920. The Bertz CT molecular complexity index is 259. The van der Waals surface area contributed by atoms with Crippen LogP contribution in [-0.2, 0) is 9.59 Å². The van der Waals surface area contributed by atoms with Gasteiger partial charge in [-0.05, 0) is 12.8 Å². The van der Waals surface area contributed by atoms with Gasteiger partial charge >= 0.3 is 0 Å². The Balaban J connectivity index is 1.99. The lowest BCUT2D eigenvalue weighted by molar-refractivity contribution is -0.132. The SMILES string of the molecule is O=C1CCN(C2CCCCC2)C(=O)CN1. The molecule has 0 spiro atoms. The molecule has 1 saturated carbocycles. The quantitative estimate of drug-likeness (QED) is 0.691. The van der Waals surface area contributed by atoms with E-state index in [4.69, 9.17) is 0 Å². The van der Waals surface area contributed by atoms with Gasteiger partial charge in [0.1, 0.15) is 0 Å². The third kappa shape index (κ3) is 2.49. The van der Waals surface area contributed by atoms with Gasteiger partial charge in [-0.2, -0.15) is 0 Å². The van der Waals surface area contributed by atoms with Crippen molar-refractivity contribution in [3.05, 3.63) is 0 Å². The minimum absolute atomic E-state index is 0.00154. The van der Waals surface area contributed by atoms with E-state index in [1.807, 2.05) is 4.90 Å². The first kappa shape index (κ1) is 10.5. The van der Waals surface area contributed by atoms with Crippen LogP contribution in [0.5, 0.6) is 0 Å². The lowest BCUT2D eigenvalue weighted by Crippen LogP contribution is -2.43. The Morgan fingerprint density at radius 1 is 1.13 bits per heavy atom. The van der Waals surface area contributed by atoms with Crippen LogP contribution in [-0.4, -0.2) is 35.8 Å². The van der Waals surface area contributed by atoms with E-state index >= 15 is 0 Å². The number of carbonyl (C=O) groups is 2. The first-order chi connectivity index (χ1) is 7.27. The fourth-order valence-electron chi connectivity index (χ4n) is 2.49. The minimum Gasteiger partial charge on any atom is -0.347 e. The number of nitrogens with zero attached hydrogens (tertiary/aromatic N) is 1. The van der Waals surface area contributed by atoms with Crippen LogP contribution in [0.4, 0.5) is 0 Å². The largest absolute Gasteiger partial charge is 0.347 e. The standard InChI is InChI=1S/C11H18N2O2/c14-10-6-7-13(11(15)8-12-10)9-4-2-1-3-5-9/h9H,1-8H2,(H,12,14). The first-order valence-corrected chi connectivity index (χ1v) is 5.83. The highest BCUT2D eigenvalue weighted by atomic mass is 16.2. The van der Waals surface area contributed by atoms with E-state index < -0.39 is 0 Å². The molecule has 1 aliphatic heterocycles. The van der Waals surface area contributed by atoms with Crippen molar-refractivity contribution in [3.63, 3.8) is 0 Å². The van der Waals surface area contributed by atoms with Crippen LogP contribution in [0.2, 0.25) is 0 Å². The predicted molar refractivity (Wildman–Crippen MR) is 56.2 cm³/mol. The molecule has 1 heterocycles. The molecule has 4 heteroatoms. The topological polar surface area (TPSA) is 49.4 Å². The molecule has 15 heavy (non-hydrogen) atoms. The molecule has 84 valence electrons. The normalized spacial score (nSPS) is 24.9. The molecule has 1 saturated heterocycles. The number of hydrogen-bond acceptors (Lipinski definition) is 2. The molecule has 2 rings (SSSR count). The number of hydrogen-bond donors (Lipinski definition) is 1. The van der Waals surface area contributed by atoms with E-state index in [-0.39, 0.29) is 18.4 Å². The molecule has 2 fully saturated rings. The molecular formula is C11H18N2O2. The van der Waals surface area contributed by atoms with Crippen LogP contribution < -0.4 is 5.32 Å². The molecule has 0 radical (unpaired) electrons. The van der Waals surface area contributed by atoms with E-state index in [1.54, 1.807) is 0 Å². The third-order valence-corrected chi connectivity index (χ3v) is 3.35. The maximum atomic E-state index is 11.8. The van der Waals surface area contributed by atoms with Crippen molar-refractivity contribution >= 4 is 11.8 Å². The first-order valence-electron chi connectivity index (χ1n) is 5.83. The maximum absolute atomic E-state index is 11.8. The van der Waals surface area contributed by atoms with Gasteiger partial charge < -0.3 is 10.2 Å². The zero-order valence-corrected chi connectivity index (χ0v) is 9.00. The number of rotatable bonds is 1. The summed E-state index contributed by atoms with van der Waals surface area (Å²) in [5.41, 5.74) is 0. The molecule has 0 aromatic heterocycles. The molecule has 0 atom stereocenters. The van der Waals surface area contributed by atoms with Crippen LogP contribution in [0.25, 0.3) is 0 Å². The van der Waals surface area contributed by atoms with Gasteiger partial charge in [0.2, 0.25) is 11.8 Å². The van der Waals surface area contributed by atoms with Gasteiger partial charge in [-0.25, -0.2) is 0 Å². The van der Waals surface area contributed by atoms with Gasteiger partial charge in [0.05, 0.1) is 6.54 Å². The highest BCUT2D eigenvalue weighted by Crippen LogP contribution is 2.23. The highest BCUT2D eigenvalue weighted by molar-refractivity contribution is 5.87. The third-order valence-electron chi connectivity index (χ3n) is 3.35. The molecule has 0 aromatic rings. The molecular weight excluding hydrogens is 192 g/mol. The lowest BCUT2D eigenvalue weighted by Gasteiger charge is -2.33. The van der Waals surface area contributed by atoms with Gasteiger partial charge in [0.25, 0.3) is 0 Å². The van der Waals surface area contributed by atoms with Gasteiger partial charge in [-0.15, -0.1) is 0 Å². The van der Waals surface area contributed by atoms with Crippen LogP contribution in [0, 0.1) is 0 Å². The Hall–Kier alpha value is -1.06. The molecule has 4 nitrogen and oxygen atoms in total. The zero-order chi connectivity index (χ0) is 10.7. The van der Waals surface area contributed by atoms with Crippen molar-refractivity contribution in [3.8, 4) is 0 Å². The molecule has 1 aliphatic carbocycles. The molecule has 0 aromatic carbocycles. The number of amides is 2. The molecule has 0 bridgehead atoms. The molecule has 0 unspecified atom stereocenters. The van der Waals surface area contributed by atoms with Crippen LogP contribution >= 0.6 is 0 Å². The Kier molecular flexibility index (Phi) is 3.23. The highest BCUT2D eigenvalue weighted by Gasteiger charge is 2.27. The summed E-state index contributed by atoms with van der Waals surface area (Å²) in [5, 5.41) is 2.63. The summed E-state index contributed by atoms with van der Waals surface area (Å²) in [6.45, 7) is 0.796. The van der Waals surface area contributed by atoms with E-state index in [0.29, 0.717) is 19.0 Å². The van der Waals surface area contributed by atoms with Crippen LogP contribution in [0.15, 0.2) is 0 Å². The summed E-state index contributed by atoms with van der Waals surface area (Å²) < 4.78 is 0. The predicted octanol–water partition coefficient (Wildman–Crippen LogP) is 0.668. The second kappa shape index (κ2) is 4.64. The second-order valence-electron chi connectivity index (χ2n) is 4.41. The van der Waals surface area contributed by atoms with Gasteiger partial charge in [-0.3, -0.25) is 9.59 Å². The van der Waals surface area contributed by atoms with Crippen LogP contribution in [0.3, 0.4) is 0 Å². The Morgan fingerprint density at radius 2 is 1.87 bits per heavy atom. The van der Waals surface area contributed by atoms with E-state index in [1.165, 1.54) is 19.3 Å². The monoisotopic (exact) mass is 210 g/mol. The van der Waals surface area contributed by atoms with E-state index in [0.717, 1.165) is 12.8 Å². The summed E-state index contributed by atoms with van der Waals surface area (Å²) in [6, 6.07) is 0.388. The molecule has 2 aliphatic rings. The minimum atomic E-state index is 0.00154. The number of nitrogens with one attached hydrogen (secondary N) is 1. The lowest BCUT2D eigenvalue weighted by atomic mass is 9.94. The average Bonchev–Trinajstić information content (AvgIpc) is 2.43. The van der Waals surface area contributed by atoms with Crippen molar-refractivity contribution < 1.29 is 9.59 Å². The van der Waals surface area contributed by atoms with E-state index in [2.05, 4.69) is 5.32 Å². The van der Waals surface area contributed by atoms with E-state index in [9.17, 15) is 9.59 Å². The van der Waals surface area contributed by atoms with Crippen LogP contribution in [0.1, 0.15) is 38.5 Å². The summed E-state index contributed by atoms with van der Waals surface area (Å²) >= 11 is 0. The summed E-state index contributed by atoms with van der Waals surface area (Å²) in [6.07, 6.45) is 6.41. The maximum Gasteiger partial charge on any atom is 0.242 e. The molecule has 2 amide bonds. The van der Waals surface area contributed by atoms with Crippen molar-refractivity contribution in [2.24, 2.45) is 0 Å². The fraction of sp³-hybridized carbons (Fsp3) is 0.818. The zero-order valence-electron chi connectivity index (χ0n) is 9.00. The smallest absolute Gasteiger partial charge is 0.242 e. The van der Waals surface area contributed by atoms with Gasteiger partial charge in [-0.1, -0.05) is 19.3 Å². The second-order valence-corrected chi connectivity index (χ2v) is 4.41.